The van der Waals surface area contributed by atoms with Crippen LogP contribution in [0, 0.1) is 0 Å². The topological polar surface area (TPSA) is 92.5 Å². The summed E-state index contributed by atoms with van der Waals surface area (Å²) in [6.45, 7) is 3.01. The van der Waals surface area contributed by atoms with Gasteiger partial charge in [-0.05, 0) is 41.8 Å². The third-order valence-electron chi connectivity index (χ3n) is 4.28. The number of benzene rings is 2. The zero-order valence-corrected chi connectivity index (χ0v) is 14.8. The van der Waals surface area contributed by atoms with E-state index in [4.69, 9.17) is 5.73 Å². The molecule has 0 fully saturated rings. The number of nitrogens with two attached hydrogens (primary N) is 1. The molecule has 2 aromatic carbocycles. The molecule has 1 heterocycles. The van der Waals surface area contributed by atoms with E-state index in [1.807, 2.05) is 12.1 Å². The van der Waals surface area contributed by atoms with Crippen LogP contribution in [0.15, 0.2) is 47.4 Å². The highest BCUT2D eigenvalue weighted by atomic mass is 32.2. The van der Waals surface area contributed by atoms with E-state index in [1.165, 1.54) is 0 Å². The number of nitrogens with one attached hydrogen (secondary N) is 1. The number of carbonyl (C=O) groups is 1. The Hall–Kier alpha value is -2.22. The van der Waals surface area contributed by atoms with Crippen LogP contribution < -0.4 is 15.4 Å². The molecule has 132 valence electrons. The Bertz CT molecular complexity index is 892. The molecule has 0 atom stereocenters. The van der Waals surface area contributed by atoms with Gasteiger partial charge in [0.25, 0.3) is 5.91 Å². The quantitative estimate of drug-likeness (QED) is 0.849. The summed E-state index contributed by atoms with van der Waals surface area (Å²) in [7, 11) is -3.56. The summed E-state index contributed by atoms with van der Waals surface area (Å²) in [5, 5.41) is 0. The third-order valence-corrected chi connectivity index (χ3v) is 5.82. The molecular formula is C18H21N3O3S. The Morgan fingerprint density at radius 2 is 1.92 bits per heavy atom. The maximum atomic E-state index is 12.8. The fraction of sp³-hybridized carbons (Fsp3) is 0.278. The molecule has 1 amide bonds. The second-order valence-electron chi connectivity index (χ2n) is 5.90. The molecule has 0 aliphatic carbocycles. The highest BCUT2D eigenvalue weighted by Crippen LogP contribution is 2.31. The van der Waals surface area contributed by atoms with Crippen LogP contribution in [0.25, 0.3) is 0 Å². The lowest BCUT2D eigenvalue weighted by atomic mass is 10.1. The highest BCUT2D eigenvalue weighted by molar-refractivity contribution is 7.89. The molecule has 0 bridgehead atoms. The zero-order chi connectivity index (χ0) is 18.0. The number of fused-ring (bicyclic) bond motifs is 1. The maximum absolute atomic E-state index is 12.8. The Balaban J connectivity index is 1.93. The standard InChI is InChI=1S/C18H21N3O3S/c1-2-20-25(23,24)16-8-7-14-9-10-21(17(14)11-16)18(22)15-5-3-13(12-19)4-6-15/h3-8,11,20H,2,9-10,12,19H2,1H3. The van der Waals surface area contributed by atoms with Gasteiger partial charge >= 0.3 is 0 Å². The van der Waals surface area contributed by atoms with Crippen LogP contribution in [-0.2, 0) is 23.0 Å². The van der Waals surface area contributed by atoms with Crippen molar-refractivity contribution in [3.8, 4) is 0 Å². The summed E-state index contributed by atoms with van der Waals surface area (Å²) in [5.41, 5.74) is 8.73. The van der Waals surface area contributed by atoms with Crippen LogP contribution in [0.3, 0.4) is 0 Å². The SMILES string of the molecule is CCNS(=O)(=O)c1ccc2c(c1)N(C(=O)c1ccc(CN)cc1)CC2. The van der Waals surface area contributed by atoms with Gasteiger partial charge in [0.15, 0.2) is 0 Å². The van der Waals surface area contributed by atoms with Gasteiger partial charge in [-0.15, -0.1) is 0 Å². The Kier molecular flexibility index (Phi) is 4.89. The minimum absolute atomic E-state index is 0.139. The average molecular weight is 359 g/mol. The van der Waals surface area contributed by atoms with E-state index >= 15 is 0 Å². The van der Waals surface area contributed by atoms with Crippen molar-refractivity contribution in [1.29, 1.82) is 0 Å². The van der Waals surface area contributed by atoms with Gasteiger partial charge in [-0.25, -0.2) is 13.1 Å². The van der Waals surface area contributed by atoms with Crippen LogP contribution in [0.1, 0.15) is 28.4 Å². The van der Waals surface area contributed by atoms with E-state index in [0.717, 1.165) is 11.1 Å². The molecule has 3 rings (SSSR count). The van der Waals surface area contributed by atoms with Gasteiger partial charge in [-0.1, -0.05) is 25.1 Å². The van der Waals surface area contributed by atoms with Crippen molar-refractivity contribution >= 4 is 21.6 Å². The first-order valence-electron chi connectivity index (χ1n) is 8.19. The first kappa shape index (κ1) is 17.6. The van der Waals surface area contributed by atoms with Crippen LogP contribution in [0.2, 0.25) is 0 Å². The number of hydrogen-bond donors (Lipinski definition) is 2. The van der Waals surface area contributed by atoms with Crippen LogP contribution in [0.4, 0.5) is 5.69 Å². The molecule has 7 heteroatoms. The van der Waals surface area contributed by atoms with Crippen LogP contribution >= 0.6 is 0 Å². The van der Waals surface area contributed by atoms with Gasteiger partial charge in [0, 0.05) is 30.9 Å². The second kappa shape index (κ2) is 6.95. The van der Waals surface area contributed by atoms with Gasteiger partial charge in [-0.3, -0.25) is 4.79 Å². The maximum Gasteiger partial charge on any atom is 0.258 e. The number of hydrogen-bond acceptors (Lipinski definition) is 4. The minimum Gasteiger partial charge on any atom is -0.326 e. The summed E-state index contributed by atoms with van der Waals surface area (Å²) in [5.74, 6) is -0.139. The molecule has 25 heavy (non-hydrogen) atoms. The van der Waals surface area contributed by atoms with E-state index < -0.39 is 10.0 Å². The third kappa shape index (κ3) is 3.44. The predicted octanol–water partition coefficient (Wildman–Crippen LogP) is 1.65. The van der Waals surface area contributed by atoms with Crippen molar-refractivity contribution < 1.29 is 13.2 Å². The van der Waals surface area contributed by atoms with Gasteiger partial charge < -0.3 is 10.6 Å². The first-order chi connectivity index (χ1) is 12.0. The van der Waals surface area contributed by atoms with Crippen molar-refractivity contribution in [2.45, 2.75) is 24.8 Å². The smallest absolute Gasteiger partial charge is 0.258 e. The summed E-state index contributed by atoms with van der Waals surface area (Å²) >= 11 is 0. The fourth-order valence-corrected chi connectivity index (χ4v) is 4.01. The summed E-state index contributed by atoms with van der Waals surface area (Å²) in [6.07, 6.45) is 0.712. The lowest BCUT2D eigenvalue weighted by molar-refractivity contribution is 0.0989. The highest BCUT2D eigenvalue weighted by Gasteiger charge is 2.27. The number of anilines is 1. The van der Waals surface area contributed by atoms with Crippen molar-refractivity contribution in [1.82, 2.24) is 4.72 Å². The molecule has 0 unspecified atom stereocenters. The van der Waals surface area contributed by atoms with Gasteiger partial charge in [0.2, 0.25) is 10.0 Å². The minimum atomic E-state index is -3.56. The van der Waals surface area contributed by atoms with Crippen molar-refractivity contribution in [3.63, 3.8) is 0 Å². The largest absolute Gasteiger partial charge is 0.326 e. The lowest BCUT2D eigenvalue weighted by Crippen LogP contribution is -2.29. The van der Waals surface area contributed by atoms with Crippen molar-refractivity contribution in [2.75, 3.05) is 18.0 Å². The lowest BCUT2D eigenvalue weighted by Gasteiger charge is -2.18. The molecule has 1 aliphatic heterocycles. The summed E-state index contributed by atoms with van der Waals surface area (Å²) < 4.78 is 26.9. The normalized spacial score (nSPS) is 13.8. The molecule has 0 spiro atoms. The number of rotatable bonds is 5. The van der Waals surface area contributed by atoms with Crippen LogP contribution in [-0.4, -0.2) is 27.4 Å². The Morgan fingerprint density at radius 3 is 2.56 bits per heavy atom. The van der Waals surface area contributed by atoms with E-state index in [-0.39, 0.29) is 10.8 Å². The fourth-order valence-electron chi connectivity index (χ4n) is 2.95. The van der Waals surface area contributed by atoms with Crippen molar-refractivity contribution in [2.24, 2.45) is 5.73 Å². The predicted molar refractivity (Wildman–Crippen MR) is 97.0 cm³/mol. The summed E-state index contributed by atoms with van der Waals surface area (Å²) in [6, 6.07) is 12.1. The first-order valence-corrected chi connectivity index (χ1v) is 9.68. The van der Waals surface area contributed by atoms with Crippen molar-refractivity contribution in [3.05, 3.63) is 59.2 Å². The van der Waals surface area contributed by atoms with Gasteiger partial charge in [0.1, 0.15) is 0 Å². The number of sulfonamides is 1. The second-order valence-corrected chi connectivity index (χ2v) is 7.67. The molecule has 0 saturated carbocycles. The molecule has 0 saturated heterocycles. The van der Waals surface area contributed by atoms with Gasteiger partial charge in [-0.2, -0.15) is 0 Å². The molecular weight excluding hydrogens is 338 g/mol. The molecule has 6 nitrogen and oxygen atoms in total. The van der Waals surface area contributed by atoms with Gasteiger partial charge in [0.05, 0.1) is 4.90 Å². The van der Waals surface area contributed by atoms with E-state index in [2.05, 4.69) is 4.72 Å². The molecule has 3 N–H and O–H groups in total. The molecule has 1 aliphatic rings. The summed E-state index contributed by atoms with van der Waals surface area (Å²) in [4.78, 5) is 14.6. The molecule has 0 radical (unpaired) electrons. The molecule has 0 aromatic heterocycles. The van der Waals surface area contributed by atoms with E-state index in [0.29, 0.717) is 37.3 Å². The van der Waals surface area contributed by atoms with E-state index in [9.17, 15) is 13.2 Å². The molecule has 2 aromatic rings. The average Bonchev–Trinajstić information content (AvgIpc) is 3.04. The van der Waals surface area contributed by atoms with Crippen LogP contribution in [0.5, 0.6) is 0 Å². The number of nitrogens with zero attached hydrogens (tertiary/aromatic N) is 1. The Morgan fingerprint density at radius 1 is 1.20 bits per heavy atom. The Labute approximate surface area is 147 Å². The number of carbonyl (C=O) groups excluding carboxylic acids is 1. The number of amides is 1. The zero-order valence-electron chi connectivity index (χ0n) is 14.0. The monoisotopic (exact) mass is 359 g/mol. The van der Waals surface area contributed by atoms with E-state index in [1.54, 1.807) is 42.2 Å².